The average molecular weight is 276 g/mol. The van der Waals surface area contributed by atoms with Crippen LogP contribution in [0.3, 0.4) is 0 Å². The maximum absolute atomic E-state index is 9.01. The number of halogens is 1. The van der Waals surface area contributed by atoms with Crippen molar-refractivity contribution in [3.8, 4) is 11.6 Å². The molecule has 98 valence electrons. The van der Waals surface area contributed by atoms with E-state index in [0.717, 1.165) is 5.56 Å². The van der Waals surface area contributed by atoms with Gasteiger partial charge in [-0.15, -0.1) is 0 Å². The SMILES string of the molecule is CC=Cc1ccccc1Oc1ncc(CO)cc1Cl. The van der Waals surface area contributed by atoms with Crippen LogP contribution in [0, 0.1) is 0 Å². The molecule has 0 saturated heterocycles. The number of para-hydroxylation sites is 1. The monoisotopic (exact) mass is 275 g/mol. The fourth-order valence-corrected chi connectivity index (χ4v) is 1.85. The average Bonchev–Trinajstić information content (AvgIpc) is 2.43. The number of pyridine rings is 1. The molecule has 0 saturated carbocycles. The molecule has 3 nitrogen and oxygen atoms in total. The van der Waals surface area contributed by atoms with Crippen LogP contribution in [-0.4, -0.2) is 10.1 Å². The third-order valence-electron chi connectivity index (χ3n) is 2.52. The minimum atomic E-state index is -0.0951. The number of aliphatic hydroxyl groups excluding tert-OH is 1. The van der Waals surface area contributed by atoms with Gasteiger partial charge in [0.2, 0.25) is 5.88 Å². The number of nitrogens with zero attached hydrogens (tertiary/aromatic N) is 1. The maximum atomic E-state index is 9.01. The van der Waals surface area contributed by atoms with Crippen LogP contribution in [0.4, 0.5) is 0 Å². The standard InChI is InChI=1S/C15H14ClNO2/c1-2-5-12-6-3-4-7-14(12)19-15-13(16)8-11(10-18)9-17-15/h2-9,18H,10H2,1H3. The van der Waals surface area contributed by atoms with Crippen molar-refractivity contribution in [2.24, 2.45) is 0 Å². The predicted molar refractivity (Wildman–Crippen MR) is 76.4 cm³/mol. The van der Waals surface area contributed by atoms with E-state index >= 15 is 0 Å². The number of allylic oxidation sites excluding steroid dienone is 1. The number of aliphatic hydroxyl groups is 1. The van der Waals surface area contributed by atoms with E-state index in [1.54, 1.807) is 12.3 Å². The number of ether oxygens (including phenoxy) is 1. The molecule has 1 heterocycles. The lowest BCUT2D eigenvalue weighted by Crippen LogP contribution is -1.93. The number of rotatable bonds is 4. The molecule has 1 aromatic heterocycles. The molecule has 0 amide bonds. The fourth-order valence-electron chi connectivity index (χ4n) is 1.62. The highest BCUT2D eigenvalue weighted by Crippen LogP contribution is 2.30. The van der Waals surface area contributed by atoms with Gasteiger partial charge in [0.1, 0.15) is 10.8 Å². The Morgan fingerprint density at radius 2 is 2.16 bits per heavy atom. The Morgan fingerprint density at radius 1 is 1.37 bits per heavy atom. The van der Waals surface area contributed by atoms with Gasteiger partial charge >= 0.3 is 0 Å². The van der Waals surface area contributed by atoms with Gasteiger partial charge in [-0.3, -0.25) is 0 Å². The molecule has 0 aliphatic heterocycles. The molecular formula is C15H14ClNO2. The van der Waals surface area contributed by atoms with Crippen LogP contribution in [0.1, 0.15) is 18.1 Å². The Balaban J connectivity index is 2.31. The summed E-state index contributed by atoms with van der Waals surface area (Å²) in [5.41, 5.74) is 1.60. The summed E-state index contributed by atoms with van der Waals surface area (Å²) in [5.74, 6) is 1.02. The lowest BCUT2D eigenvalue weighted by Gasteiger charge is -2.09. The van der Waals surface area contributed by atoms with Crippen LogP contribution in [0.15, 0.2) is 42.6 Å². The van der Waals surface area contributed by atoms with E-state index in [1.807, 2.05) is 43.3 Å². The van der Waals surface area contributed by atoms with Gasteiger partial charge in [0.15, 0.2) is 0 Å². The van der Waals surface area contributed by atoms with Crippen molar-refractivity contribution in [3.63, 3.8) is 0 Å². The molecule has 4 heteroatoms. The molecule has 0 aliphatic carbocycles. The summed E-state index contributed by atoms with van der Waals surface area (Å²) in [6.45, 7) is 1.85. The Morgan fingerprint density at radius 3 is 2.84 bits per heavy atom. The third-order valence-corrected chi connectivity index (χ3v) is 2.79. The van der Waals surface area contributed by atoms with Crippen LogP contribution < -0.4 is 4.74 Å². The van der Waals surface area contributed by atoms with E-state index in [0.29, 0.717) is 22.2 Å². The molecule has 0 spiro atoms. The molecule has 0 fully saturated rings. The first-order valence-electron chi connectivity index (χ1n) is 5.89. The van der Waals surface area contributed by atoms with E-state index in [9.17, 15) is 0 Å². The van der Waals surface area contributed by atoms with Gasteiger partial charge in [0.25, 0.3) is 0 Å². The van der Waals surface area contributed by atoms with E-state index in [-0.39, 0.29) is 6.61 Å². The highest BCUT2D eigenvalue weighted by Gasteiger charge is 2.08. The molecule has 1 aromatic carbocycles. The number of benzene rings is 1. The fraction of sp³-hybridized carbons (Fsp3) is 0.133. The Hall–Kier alpha value is -1.84. The highest BCUT2D eigenvalue weighted by atomic mass is 35.5. The number of aromatic nitrogens is 1. The topological polar surface area (TPSA) is 42.4 Å². The summed E-state index contributed by atoms with van der Waals surface area (Å²) < 4.78 is 5.72. The highest BCUT2D eigenvalue weighted by molar-refractivity contribution is 6.31. The Bertz CT molecular complexity index is 596. The summed E-state index contributed by atoms with van der Waals surface area (Å²) in [6.07, 6.45) is 5.43. The van der Waals surface area contributed by atoms with Crippen molar-refractivity contribution in [3.05, 3.63) is 58.8 Å². The van der Waals surface area contributed by atoms with Crippen LogP contribution >= 0.6 is 11.6 Å². The lowest BCUT2D eigenvalue weighted by atomic mass is 10.2. The van der Waals surface area contributed by atoms with Gasteiger partial charge in [0, 0.05) is 11.8 Å². The van der Waals surface area contributed by atoms with Crippen LogP contribution in [0.25, 0.3) is 6.08 Å². The summed E-state index contributed by atoms with van der Waals surface area (Å²) >= 11 is 6.07. The summed E-state index contributed by atoms with van der Waals surface area (Å²) in [7, 11) is 0. The van der Waals surface area contributed by atoms with Crippen LogP contribution in [0.2, 0.25) is 5.02 Å². The number of hydrogen-bond acceptors (Lipinski definition) is 3. The van der Waals surface area contributed by atoms with Gasteiger partial charge in [-0.25, -0.2) is 4.98 Å². The molecular weight excluding hydrogens is 262 g/mol. The molecule has 2 aromatic rings. The molecule has 2 rings (SSSR count). The van der Waals surface area contributed by atoms with E-state index < -0.39 is 0 Å². The van der Waals surface area contributed by atoms with E-state index in [1.165, 1.54) is 0 Å². The Kier molecular flexibility index (Phi) is 4.55. The van der Waals surface area contributed by atoms with Gasteiger partial charge in [-0.2, -0.15) is 0 Å². The second kappa shape index (κ2) is 6.36. The van der Waals surface area contributed by atoms with Crippen LogP contribution in [-0.2, 0) is 6.61 Å². The summed E-state index contributed by atoms with van der Waals surface area (Å²) in [4.78, 5) is 4.11. The van der Waals surface area contributed by atoms with Crippen molar-refractivity contribution >= 4 is 17.7 Å². The maximum Gasteiger partial charge on any atom is 0.238 e. The predicted octanol–water partition coefficient (Wildman–Crippen LogP) is 4.05. The van der Waals surface area contributed by atoms with Gasteiger partial charge < -0.3 is 9.84 Å². The van der Waals surface area contributed by atoms with Crippen molar-refractivity contribution in [1.29, 1.82) is 0 Å². The van der Waals surface area contributed by atoms with Gasteiger partial charge in [-0.05, 0) is 24.6 Å². The first-order chi connectivity index (χ1) is 9.24. The van der Waals surface area contributed by atoms with Crippen molar-refractivity contribution < 1.29 is 9.84 Å². The molecule has 0 radical (unpaired) electrons. The third kappa shape index (κ3) is 3.34. The first kappa shape index (κ1) is 13.6. The van der Waals surface area contributed by atoms with Gasteiger partial charge in [-0.1, -0.05) is 42.0 Å². The lowest BCUT2D eigenvalue weighted by molar-refractivity contribution is 0.281. The van der Waals surface area contributed by atoms with Gasteiger partial charge in [0.05, 0.1) is 6.61 Å². The smallest absolute Gasteiger partial charge is 0.238 e. The zero-order valence-corrected chi connectivity index (χ0v) is 11.3. The zero-order chi connectivity index (χ0) is 13.7. The van der Waals surface area contributed by atoms with Crippen molar-refractivity contribution in [2.45, 2.75) is 13.5 Å². The molecule has 1 N–H and O–H groups in total. The minimum Gasteiger partial charge on any atom is -0.437 e. The second-order valence-electron chi connectivity index (χ2n) is 3.93. The largest absolute Gasteiger partial charge is 0.437 e. The zero-order valence-electron chi connectivity index (χ0n) is 10.5. The van der Waals surface area contributed by atoms with Crippen LogP contribution in [0.5, 0.6) is 11.6 Å². The minimum absolute atomic E-state index is 0.0951. The van der Waals surface area contributed by atoms with Crippen molar-refractivity contribution in [2.75, 3.05) is 0 Å². The first-order valence-corrected chi connectivity index (χ1v) is 6.27. The molecule has 0 bridgehead atoms. The summed E-state index contributed by atoms with van der Waals surface area (Å²) in [6, 6.07) is 9.27. The molecule has 0 atom stereocenters. The van der Waals surface area contributed by atoms with Crippen molar-refractivity contribution in [1.82, 2.24) is 4.98 Å². The summed E-state index contributed by atoms with van der Waals surface area (Å²) in [5, 5.41) is 9.38. The number of hydrogen-bond donors (Lipinski definition) is 1. The normalized spacial score (nSPS) is 10.9. The Labute approximate surface area is 117 Å². The molecule has 19 heavy (non-hydrogen) atoms. The second-order valence-corrected chi connectivity index (χ2v) is 4.34. The van der Waals surface area contributed by atoms with E-state index in [2.05, 4.69) is 4.98 Å². The molecule has 0 aliphatic rings. The quantitative estimate of drug-likeness (QED) is 0.915. The molecule has 0 unspecified atom stereocenters. The van der Waals surface area contributed by atoms with E-state index in [4.69, 9.17) is 21.4 Å².